The van der Waals surface area contributed by atoms with E-state index in [1.807, 2.05) is 7.05 Å². The number of aryl methyl sites for hydroxylation is 3. The van der Waals surface area contributed by atoms with E-state index < -0.39 is 0 Å². The van der Waals surface area contributed by atoms with Crippen molar-refractivity contribution in [1.82, 2.24) is 5.32 Å². The average molecular weight is 283 g/mol. The molecule has 0 heterocycles. The van der Waals surface area contributed by atoms with Gasteiger partial charge in [-0.1, -0.05) is 36.4 Å². The van der Waals surface area contributed by atoms with E-state index in [9.17, 15) is 0 Å². The van der Waals surface area contributed by atoms with Gasteiger partial charge in [-0.15, -0.1) is 0 Å². The van der Waals surface area contributed by atoms with Crippen molar-refractivity contribution >= 4 is 0 Å². The highest BCUT2D eigenvalue weighted by Crippen LogP contribution is 2.25. The van der Waals surface area contributed by atoms with Gasteiger partial charge in [0, 0.05) is 6.04 Å². The highest BCUT2D eigenvalue weighted by atomic mass is 16.5. The van der Waals surface area contributed by atoms with Gasteiger partial charge >= 0.3 is 0 Å². The van der Waals surface area contributed by atoms with Gasteiger partial charge in [-0.3, -0.25) is 0 Å². The van der Waals surface area contributed by atoms with Crippen LogP contribution in [-0.2, 0) is 6.42 Å². The summed E-state index contributed by atoms with van der Waals surface area (Å²) >= 11 is 0. The Kier molecular flexibility index (Phi) is 5.40. The molecular formula is C19H25NO. The van der Waals surface area contributed by atoms with E-state index in [1.165, 1.54) is 22.3 Å². The Hall–Kier alpha value is -1.80. The first kappa shape index (κ1) is 15.6. The van der Waals surface area contributed by atoms with E-state index in [-0.39, 0.29) is 0 Å². The highest BCUT2D eigenvalue weighted by Gasteiger charge is 2.11. The minimum Gasteiger partial charge on any atom is -0.496 e. The van der Waals surface area contributed by atoms with Crippen LogP contribution < -0.4 is 10.1 Å². The van der Waals surface area contributed by atoms with Crippen molar-refractivity contribution in [1.29, 1.82) is 0 Å². The molecule has 0 aliphatic carbocycles. The Morgan fingerprint density at radius 3 is 2.38 bits per heavy atom. The van der Waals surface area contributed by atoms with Gasteiger partial charge in [0.1, 0.15) is 5.75 Å². The maximum absolute atomic E-state index is 5.38. The van der Waals surface area contributed by atoms with E-state index in [1.54, 1.807) is 7.11 Å². The lowest BCUT2D eigenvalue weighted by Gasteiger charge is -2.18. The molecule has 1 atom stereocenters. The molecule has 1 unspecified atom stereocenters. The smallest absolute Gasteiger partial charge is 0.122 e. The van der Waals surface area contributed by atoms with Crippen molar-refractivity contribution < 1.29 is 4.74 Å². The van der Waals surface area contributed by atoms with Gasteiger partial charge in [0.15, 0.2) is 0 Å². The summed E-state index contributed by atoms with van der Waals surface area (Å²) in [6, 6.07) is 15.4. The molecule has 1 N–H and O–H groups in total. The third-order valence-electron chi connectivity index (χ3n) is 4.11. The maximum Gasteiger partial charge on any atom is 0.122 e. The van der Waals surface area contributed by atoms with Crippen LogP contribution in [0.2, 0.25) is 0 Å². The van der Waals surface area contributed by atoms with Crippen molar-refractivity contribution in [3.63, 3.8) is 0 Å². The Bertz CT molecular complexity index is 578. The molecule has 2 aromatic rings. The zero-order valence-electron chi connectivity index (χ0n) is 13.4. The lowest BCUT2D eigenvalue weighted by Crippen LogP contribution is -2.17. The summed E-state index contributed by atoms with van der Waals surface area (Å²) in [5, 5.41) is 3.42. The largest absolute Gasteiger partial charge is 0.496 e. The minimum atomic E-state index is 0.396. The van der Waals surface area contributed by atoms with E-state index in [2.05, 4.69) is 61.6 Å². The van der Waals surface area contributed by atoms with Crippen LogP contribution in [0.4, 0.5) is 0 Å². The van der Waals surface area contributed by atoms with Crippen molar-refractivity contribution in [3.05, 3.63) is 64.7 Å². The van der Waals surface area contributed by atoms with E-state index >= 15 is 0 Å². The number of hydrogen-bond donors (Lipinski definition) is 1. The van der Waals surface area contributed by atoms with Crippen LogP contribution in [0.5, 0.6) is 5.75 Å². The van der Waals surface area contributed by atoms with Gasteiger partial charge in [0.05, 0.1) is 7.11 Å². The maximum atomic E-state index is 5.38. The third kappa shape index (κ3) is 3.85. The second-order valence-corrected chi connectivity index (χ2v) is 5.54. The standard InChI is InChI=1S/C19H25NO/c1-14-13-19(21-4)15(2)12-17(14)10-11-18(20-3)16-8-6-5-7-9-16/h5-9,12-13,18,20H,10-11H2,1-4H3. The van der Waals surface area contributed by atoms with Gasteiger partial charge < -0.3 is 10.1 Å². The first-order valence-corrected chi connectivity index (χ1v) is 7.52. The Morgan fingerprint density at radius 1 is 1.05 bits per heavy atom. The zero-order valence-corrected chi connectivity index (χ0v) is 13.4. The Labute approximate surface area is 128 Å². The van der Waals surface area contributed by atoms with E-state index in [4.69, 9.17) is 4.74 Å². The molecule has 0 saturated heterocycles. The summed E-state index contributed by atoms with van der Waals surface area (Å²) in [6.07, 6.45) is 2.16. The second-order valence-electron chi connectivity index (χ2n) is 5.54. The number of hydrogen-bond acceptors (Lipinski definition) is 2. The van der Waals surface area contributed by atoms with Crippen LogP contribution in [0.1, 0.15) is 34.7 Å². The molecular weight excluding hydrogens is 258 g/mol. The molecule has 0 amide bonds. The average Bonchev–Trinajstić information content (AvgIpc) is 2.51. The van der Waals surface area contributed by atoms with Crippen LogP contribution in [0.15, 0.2) is 42.5 Å². The molecule has 112 valence electrons. The summed E-state index contributed by atoms with van der Waals surface area (Å²) in [6.45, 7) is 4.27. The number of ether oxygens (including phenoxy) is 1. The third-order valence-corrected chi connectivity index (χ3v) is 4.11. The Balaban J connectivity index is 2.10. The van der Waals surface area contributed by atoms with Crippen molar-refractivity contribution in [2.45, 2.75) is 32.7 Å². The number of methoxy groups -OCH3 is 1. The summed E-state index contributed by atoms with van der Waals surface area (Å²) in [5.74, 6) is 0.976. The highest BCUT2D eigenvalue weighted by molar-refractivity contribution is 5.41. The number of nitrogens with one attached hydrogen (secondary N) is 1. The molecule has 0 fully saturated rings. The predicted octanol–water partition coefficient (Wildman–Crippen LogP) is 4.21. The monoisotopic (exact) mass is 283 g/mol. The molecule has 0 spiro atoms. The van der Waals surface area contributed by atoms with E-state index in [0.717, 1.165) is 18.6 Å². The summed E-state index contributed by atoms with van der Waals surface area (Å²) < 4.78 is 5.38. The van der Waals surface area contributed by atoms with Crippen LogP contribution in [0.25, 0.3) is 0 Å². The predicted molar refractivity (Wildman–Crippen MR) is 89.0 cm³/mol. The molecule has 0 radical (unpaired) electrons. The van der Waals surface area contributed by atoms with Gasteiger partial charge in [-0.25, -0.2) is 0 Å². The summed E-state index contributed by atoms with van der Waals surface area (Å²) in [5.41, 5.74) is 5.27. The lowest BCUT2D eigenvalue weighted by molar-refractivity contribution is 0.411. The fourth-order valence-corrected chi connectivity index (χ4v) is 2.80. The van der Waals surface area contributed by atoms with Gasteiger partial charge in [-0.2, -0.15) is 0 Å². The van der Waals surface area contributed by atoms with Gasteiger partial charge in [-0.05, 0) is 62.1 Å². The van der Waals surface area contributed by atoms with Crippen LogP contribution in [0.3, 0.4) is 0 Å². The van der Waals surface area contributed by atoms with Crippen LogP contribution >= 0.6 is 0 Å². The normalized spacial score (nSPS) is 12.2. The lowest BCUT2D eigenvalue weighted by atomic mass is 9.95. The molecule has 2 aromatic carbocycles. The summed E-state index contributed by atoms with van der Waals surface area (Å²) in [4.78, 5) is 0. The minimum absolute atomic E-state index is 0.396. The first-order chi connectivity index (χ1) is 10.2. The fraction of sp³-hybridized carbons (Fsp3) is 0.368. The molecule has 0 aromatic heterocycles. The molecule has 2 heteroatoms. The SMILES string of the molecule is CNC(CCc1cc(C)c(OC)cc1C)c1ccccc1. The second kappa shape index (κ2) is 7.28. The van der Waals surface area contributed by atoms with Gasteiger partial charge in [0.25, 0.3) is 0 Å². The zero-order chi connectivity index (χ0) is 15.2. The topological polar surface area (TPSA) is 21.3 Å². The molecule has 0 bridgehead atoms. The van der Waals surface area contributed by atoms with Crippen molar-refractivity contribution in [2.24, 2.45) is 0 Å². The Morgan fingerprint density at radius 2 is 1.76 bits per heavy atom. The quantitative estimate of drug-likeness (QED) is 0.857. The first-order valence-electron chi connectivity index (χ1n) is 7.52. The molecule has 0 aliphatic heterocycles. The van der Waals surface area contributed by atoms with Gasteiger partial charge in [0.2, 0.25) is 0 Å². The fourth-order valence-electron chi connectivity index (χ4n) is 2.80. The summed E-state index contributed by atoms with van der Waals surface area (Å²) in [7, 11) is 3.76. The number of benzene rings is 2. The molecule has 21 heavy (non-hydrogen) atoms. The molecule has 2 nitrogen and oxygen atoms in total. The van der Waals surface area contributed by atoms with E-state index in [0.29, 0.717) is 6.04 Å². The van der Waals surface area contributed by atoms with Crippen molar-refractivity contribution in [3.8, 4) is 5.75 Å². The number of rotatable bonds is 6. The van der Waals surface area contributed by atoms with Crippen LogP contribution in [0, 0.1) is 13.8 Å². The molecule has 2 rings (SSSR count). The van der Waals surface area contributed by atoms with Crippen LogP contribution in [-0.4, -0.2) is 14.2 Å². The molecule has 0 saturated carbocycles. The van der Waals surface area contributed by atoms with Crippen molar-refractivity contribution in [2.75, 3.05) is 14.2 Å². The molecule has 0 aliphatic rings.